The minimum absolute atomic E-state index is 0.343. The van der Waals surface area contributed by atoms with Crippen LogP contribution in [0, 0.1) is 5.92 Å². The second-order valence-corrected chi connectivity index (χ2v) is 5.45. The quantitative estimate of drug-likeness (QED) is 0.866. The molecule has 1 saturated heterocycles. The molecule has 1 fully saturated rings. The van der Waals surface area contributed by atoms with Gasteiger partial charge in [0, 0.05) is 25.3 Å². The summed E-state index contributed by atoms with van der Waals surface area (Å²) in [5.74, 6) is 0.918. The maximum atomic E-state index is 4.38. The van der Waals surface area contributed by atoms with Crippen molar-refractivity contribution in [2.24, 2.45) is 5.92 Å². The predicted octanol–water partition coefficient (Wildman–Crippen LogP) is 2.46. The molecule has 0 aromatic carbocycles. The normalized spacial score (nSPS) is 19.9. The molecule has 3 nitrogen and oxygen atoms in total. The van der Waals surface area contributed by atoms with E-state index >= 15 is 0 Å². The van der Waals surface area contributed by atoms with Crippen LogP contribution in [0.3, 0.4) is 0 Å². The van der Waals surface area contributed by atoms with Gasteiger partial charge in [-0.2, -0.15) is 0 Å². The Kier molecular flexibility index (Phi) is 5.14. The Morgan fingerprint density at radius 1 is 1.39 bits per heavy atom. The fourth-order valence-corrected chi connectivity index (χ4v) is 2.46. The smallest absolute Gasteiger partial charge is 0.0570 e. The summed E-state index contributed by atoms with van der Waals surface area (Å²) >= 11 is 0. The zero-order valence-electron chi connectivity index (χ0n) is 11.6. The molecule has 1 aliphatic rings. The highest BCUT2D eigenvalue weighted by atomic mass is 15.1. The minimum Gasteiger partial charge on any atom is -0.308 e. The molecular formula is C15H25N3. The highest BCUT2D eigenvalue weighted by Gasteiger charge is 2.15. The summed E-state index contributed by atoms with van der Waals surface area (Å²) in [7, 11) is 0. The monoisotopic (exact) mass is 247 g/mol. The van der Waals surface area contributed by atoms with Gasteiger partial charge in [0.2, 0.25) is 0 Å². The average Bonchev–Trinajstić information content (AvgIpc) is 2.42. The molecule has 0 amide bonds. The van der Waals surface area contributed by atoms with Crippen LogP contribution < -0.4 is 5.32 Å². The second-order valence-electron chi connectivity index (χ2n) is 5.45. The third kappa shape index (κ3) is 4.07. The van der Waals surface area contributed by atoms with Crippen molar-refractivity contribution in [2.75, 3.05) is 26.2 Å². The predicted molar refractivity (Wildman–Crippen MR) is 75.5 cm³/mol. The van der Waals surface area contributed by atoms with Crippen LogP contribution in [-0.4, -0.2) is 36.1 Å². The van der Waals surface area contributed by atoms with E-state index in [1.54, 1.807) is 0 Å². The van der Waals surface area contributed by atoms with E-state index in [-0.39, 0.29) is 0 Å². The molecular weight excluding hydrogens is 222 g/mol. The molecule has 1 atom stereocenters. The number of nitrogens with zero attached hydrogens (tertiary/aromatic N) is 2. The first-order valence-electron chi connectivity index (χ1n) is 7.12. The van der Waals surface area contributed by atoms with Crippen molar-refractivity contribution in [3.05, 3.63) is 30.1 Å². The van der Waals surface area contributed by atoms with Crippen LogP contribution in [0.25, 0.3) is 0 Å². The SMILES string of the molecule is CC1CCN(CCNC(C)c2ccccn2)CC1. The summed E-state index contributed by atoms with van der Waals surface area (Å²) in [4.78, 5) is 6.95. The van der Waals surface area contributed by atoms with Crippen molar-refractivity contribution in [2.45, 2.75) is 32.7 Å². The van der Waals surface area contributed by atoms with Crippen LogP contribution in [0.1, 0.15) is 38.4 Å². The minimum atomic E-state index is 0.343. The summed E-state index contributed by atoms with van der Waals surface area (Å²) in [5, 5.41) is 3.55. The molecule has 1 aromatic heterocycles. The van der Waals surface area contributed by atoms with Crippen LogP contribution >= 0.6 is 0 Å². The molecule has 0 spiro atoms. The number of nitrogens with one attached hydrogen (secondary N) is 1. The van der Waals surface area contributed by atoms with Gasteiger partial charge in [0.05, 0.1) is 5.69 Å². The Hall–Kier alpha value is -0.930. The lowest BCUT2D eigenvalue weighted by Crippen LogP contribution is -2.38. The second kappa shape index (κ2) is 6.86. The van der Waals surface area contributed by atoms with Gasteiger partial charge < -0.3 is 10.2 Å². The fourth-order valence-electron chi connectivity index (χ4n) is 2.46. The zero-order valence-corrected chi connectivity index (χ0v) is 11.6. The van der Waals surface area contributed by atoms with Gasteiger partial charge in [0.25, 0.3) is 0 Å². The number of pyridine rings is 1. The molecule has 0 radical (unpaired) electrons. The summed E-state index contributed by atoms with van der Waals surface area (Å²) in [6.45, 7) is 9.27. The van der Waals surface area contributed by atoms with E-state index in [0.29, 0.717) is 6.04 Å². The summed E-state index contributed by atoms with van der Waals surface area (Å²) in [6.07, 6.45) is 4.57. The molecule has 1 aliphatic heterocycles. The lowest BCUT2D eigenvalue weighted by molar-refractivity contribution is 0.191. The van der Waals surface area contributed by atoms with Crippen LogP contribution in [0.2, 0.25) is 0 Å². The third-order valence-electron chi connectivity index (χ3n) is 3.89. The number of likely N-dealkylation sites (tertiary alicyclic amines) is 1. The first-order valence-corrected chi connectivity index (χ1v) is 7.12. The Bertz CT molecular complexity index is 331. The molecule has 1 N–H and O–H groups in total. The van der Waals surface area contributed by atoms with E-state index < -0.39 is 0 Å². The van der Waals surface area contributed by atoms with Crippen molar-refractivity contribution >= 4 is 0 Å². The van der Waals surface area contributed by atoms with Crippen molar-refractivity contribution in [1.82, 2.24) is 15.2 Å². The summed E-state index contributed by atoms with van der Waals surface area (Å²) in [6, 6.07) is 6.44. The molecule has 1 aromatic rings. The third-order valence-corrected chi connectivity index (χ3v) is 3.89. The number of hydrogen-bond acceptors (Lipinski definition) is 3. The van der Waals surface area contributed by atoms with E-state index in [2.05, 4.69) is 35.1 Å². The number of rotatable bonds is 5. The fraction of sp³-hybridized carbons (Fsp3) is 0.667. The number of piperidine rings is 1. The number of hydrogen-bond donors (Lipinski definition) is 1. The Balaban J connectivity index is 1.66. The standard InChI is InChI=1S/C15H25N3/c1-13-6-10-18(11-7-13)12-9-16-14(2)15-5-3-4-8-17-15/h3-5,8,13-14,16H,6-7,9-12H2,1-2H3. The van der Waals surface area contributed by atoms with Gasteiger partial charge in [-0.1, -0.05) is 13.0 Å². The Morgan fingerprint density at radius 3 is 2.83 bits per heavy atom. The molecule has 0 aliphatic carbocycles. The molecule has 0 saturated carbocycles. The number of aromatic nitrogens is 1. The highest BCUT2D eigenvalue weighted by Crippen LogP contribution is 2.15. The Labute approximate surface area is 111 Å². The molecule has 3 heteroatoms. The van der Waals surface area contributed by atoms with Gasteiger partial charge in [0.1, 0.15) is 0 Å². The van der Waals surface area contributed by atoms with Crippen molar-refractivity contribution in [3.63, 3.8) is 0 Å². The highest BCUT2D eigenvalue weighted by molar-refractivity contribution is 5.07. The van der Waals surface area contributed by atoms with Crippen molar-refractivity contribution in [1.29, 1.82) is 0 Å². The summed E-state index contributed by atoms with van der Waals surface area (Å²) < 4.78 is 0. The van der Waals surface area contributed by atoms with Crippen molar-refractivity contribution in [3.8, 4) is 0 Å². The van der Waals surface area contributed by atoms with Gasteiger partial charge in [-0.3, -0.25) is 4.98 Å². The van der Waals surface area contributed by atoms with Crippen LogP contribution in [0.15, 0.2) is 24.4 Å². The topological polar surface area (TPSA) is 28.2 Å². The summed E-state index contributed by atoms with van der Waals surface area (Å²) in [5.41, 5.74) is 1.13. The first-order chi connectivity index (χ1) is 8.75. The van der Waals surface area contributed by atoms with Crippen LogP contribution in [0.5, 0.6) is 0 Å². The molecule has 2 rings (SSSR count). The lowest BCUT2D eigenvalue weighted by atomic mass is 9.99. The van der Waals surface area contributed by atoms with Gasteiger partial charge in [-0.15, -0.1) is 0 Å². The lowest BCUT2D eigenvalue weighted by Gasteiger charge is -2.30. The van der Waals surface area contributed by atoms with E-state index in [4.69, 9.17) is 0 Å². The van der Waals surface area contributed by atoms with E-state index in [0.717, 1.165) is 24.7 Å². The molecule has 100 valence electrons. The maximum Gasteiger partial charge on any atom is 0.0570 e. The maximum absolute atomic E-state index is 4.38. The Morgan fingerprint density at radius 2 is 2.17 bits per heavy atom. The van der Waals surface area contributed by atoms with E-state index in [1.165, 1.54) is 25.9 Å². The van der Waals surface area contributed by atoms with Gasteiger partial charge in [-0.25, -0.2) is 0 Å². The average molecular weight is 247 g/mol. The van der Waals surface area contributed by atoms with Crippen molar-refractivity contribution < 1.29 is 0 Å². The molecule has 0 bridgehead atoms. The molecule has 1 unspecified atom stereocenters. The largest absolute Gasteiger partial charge is 0.308 e. The van der Waals surface area contributed by atoms with E-state index in [9.17, 15) is 0 Å². The molecule has 2 heterocycles. The van der Waals surface area contributed by atoms with Gasteiger partial charge in [0.15, 0.2) is 0 Å². The van der Waals surface area contributed by atoms with Gasteiger partial charge >= 0.3 is 0 Å². The molecule has 18 heavy (non-hydrogen) atoms. The first kappa shape index (κ1) is 13.5. The van der Waals surface area contributed by atoms with E-state index in [1.807, 2.05) is 18.3 Å². The zero-order chi connectivity index (χ0) is 12.8. The van der Waals surface area contributed by atoms with Crippen LogP contribution in [0.4, 0.5) is 0 Å². The van der Waals surface area contributed by atoms with Crippen LogP contribution in [-0.2, 0) is 0 Å². The van der Waals surface area contributed by atoms with Gasteiger partial charge in [-0.05, 0) is 50.9 Å².